The van der Waals surface area contributed by atoms with E-state index in [9.17, 15) is 9.18 Å². The molecule has 1 fully saturated rings. The first-order chi connectivity index (χ1) is 10.1. The van der Waals surface area contributed by atoms with Gasteiger partial charge >= 0.3 is 0 Å². The third kappa shape index (κ3) is 3.62. The summed E-state index contributed by atoms with van der Waals surface area (Å²) in [4.78, 5) is 12.7. The molecule has 1 saturated carbocycles. The first-order valence-electron chi connectivity index (χ1n) is 7.86. The van der Waals surface area contributed by atoms with Crippen molar-refractivity contribution in [3.05, 3.63) is 35.6 Å². The highest BCUT2D eigenvalue weighted by Crippen LogP contribution is 2.41. The van der Waals surface area contributed by atoms with E-state index in [4.69, 9.17) is 0 Å². The maximum atomic E-state index is 13.1. The summed E-state index contributed by atoms with van der Waals surface area (Å²) in [6, 6.07) is 6.67. The van der Waals surface area contributed by atoms with Gasteiger partial charge in [-0.05, 0) is 44.0 Å². The van der Waals surface area contributed by atoms with Gasteiger partial charge in [-0.25, -0.2) is 4.39 Å². The van der Waals surface area contributed by atoms with Gasteiger partial charge in [0.15, 0.2) is 0 Å². The maximum absolute atomic E-state index is 13.1. The molecule has 1 aromatic rings. The minimum absolute atomic E-state index is 0.0800. The minimum Gasteiger partial charge on any atom is -0.354 e. The van der Waals surface area contributed by atoms with Crippen molar-refractivity contribution < 1.29 is 9.18 Å². The van der Waals surface area contributed by atoms with Gasteiger partial charge in [0.25, 0.3) is 0 Å². The number of hydrogen-bond acceptors (Lipinski definition) is 2. The summed E-state index contributed by atoms with van der Waals surface area (Å²) < 4.78 is 13.1. The van der Waals surface area contributed by atoms with Crippen LogP contribution in [0.5, 0.6) is 0 Å². The number of rotatable bonds is 6. The van der Waals surface area contributed by atoms with Gasteiger partial charge in [0, 0.05) is 12.6 Å². The van der Waals surface area contributed by atoms with Crippen molar-refractivity contribution in [2.75, 3.05) is 13.1 Å². The van der Waals surface area contributed by atoms with Crippen LogP contribution in [0.3, 0.4) is 0 Å². The van der Waals surface area contributed by atoms with Gasteiger partial charge in [0.05, 0.1) is 5.41 Å². The highest BCUT2D eigenvalue weighted by atomic mass is 19.1. The highest BCUT2D eigenvalue weighted by molar-refractivity contribution is 5.88. The highest BCUT2D eigenvalue weighted by Gasteiger charge is 2.42. The fourth-order valence-corrected chi connectivity index (χ4v) is 3.23. The Labute approximate surface area is 126 Å². The normalized spacial score (nSPS) is 18.4. The Morgan fingerprint density at radius 1 is 1.29 bits per heavy atom. The number of carbonyl (C=O) groups excluding carboxylic acids is 1. The molecule has 0 aliphatic heterocycles. The van der Waals surface area contributed by atoms with Crippen LogP contribution in [-0.2, 0) is 10.2 Å². The predicted molar refractivity (Wildman–Crippen MR) is 82.7 cm³/mol. The van der Waals surface area contributed by atoms with E-state index in [0.717, 1.165) is 37.8 Å². The molecule has 0 aromatic heterocycles. The van der Waals surface area contributed by atoms with Crippen LogP contribution in [0.25, 0.3) is 0 Å². The number of amides is 1. The molecule has 21 heavy (non-hydrogen) atoms. The summed E-state index contributed by atoms with van der Waals surface area (Å²) in [7, 11) is 0. The molecule has 0 bridgehead atoms. The second-order valence-electron chi connectivity index (χ2n) is 5.96. The summed E-state index contributed by atoms with van der Waals surface area (Å²) in [6.07, 6.45) is 3.79. The third-order valence-corrected chi connectivity index (χ3v) is 4.41. The molecule has 0 spiro atoms. The summed E-state index contributed by atoms with van der Waals surface area (Å²) >= 11 is 0. The van der Waals surface area contributed by atoms with Gasteiger partial charge in [-0.3, -0.25) is 4.79 Å². The zero-order valence-corrected chi connectivity index (χ0v) is 12.9. The Morgan fingerprint density at radius 3 is 2.48 bits per heavy atom. The van der Waals surface area contributed by atoms with Crippen molar-refractivity contribution in [3.63, 3.8) is 0 Å². The first-order valence-corrected chi connectivity index (χ1v) is 7.86. The Bertz CT molecular complexity index is 466. The zero-order valence-electron chi connectivity index (χ0n) is 12.9. The Kier molecular flexibility index (Phi) is 5.34. The van der Waals surface area contributed by atoms with E-state index < -0.39 is 5.41 Å². The molecule has 0 heterocycles. The first kappa shape index (κ1) is 16.0. The summed E-state index contributed by atoms with van der Waals surface area (Å²) in [5.41, 5.74) is 0.467. The van der Waals surface area contributed by atoms with E-state index in [1.54, 1.807) is 12.1 Å². The molecule has 1 aliphatic rings. The fourth-order valence-electron chi connectivity index (χ4n) is 3.23. The van der Waals surface area contributed by atoms with Crippen LogP contribution in [0.4, 0.5) is 4.39 Å². The van der Waals surface area contributed by atoms with Crippen LogP contribution in [-0.4, -0.2) is 25.0 Å². The van der Waals surface area contributed by atoms with Crippen molar-refractivity contribution in [1.82, 2.24) is 10.6 Å². The number of hydrogen-bond donors (Lipinski definition) is 2. The molecule has 1 amide bonds. The summed E-state index contributed by atoms with van der Waals surface area (Å²) in [5.74, 6) is -0.176. The van der Waals surface area contributed by atoms with Gasteiger partial charge in [0.2, 0.25) is 5.91 Å². The van der Waals surface area contributed by atoms with Crippen LogP contribution in [0, 0.1) is 5.82 Å². The van der Waals surface area contributed by atoms with Crippen LogP contribution >= 0.6 is 0 Å². The van der Waals surface area contributed by atoms with Gasteiger partial charge < -0.3 is 10.6 Å². The monoisotopic (exact) mass is 292 g/mol. The third-order valence-electron chi connectivity index (χ3n) is 4.41. The molecule has 1 aromatic carbocycles. The minimum atomic E-state index is -0.473. The topological polar surface area (TPSA) is 41.1 Å². The Morgan fingerprint density at radius 2 is 1.90 bits per heavy atom. The quantitative estimate of drug-likeness (QED) is 0.846. The van der Waals surface area contributed by atoms with Crippen LogP contribution in [0.15, 0.2) is 24.3 Å². The lowest BCUT2D eigenvalue weighted by atomic mass is 9.78. The zero-order chi connectivity index (χ0) is 15.3. The van der Waals surface area contributed by atoms with E-state index in [-0.39, 0.29) is 17.8 Å². The van der Waals surface area contributed by atoms with E-state index >= 15 is 0 Å². The average Bonchev–Trinajstić information content (AvgIpc) is 2.96. The standard InChI is InChI=1S/C17H25FN2O/c1-3-19-13(2)12-20-16(21)17(10-4-5-11-17)14-6-8-15(18)9-7-14/h6-9,13,19H,3-5,10-12H2,1-2H3,(H,20,21)/t13-/m1/s1. The largest absolute Gasteiger partial charge is 0.354 e. The molecule has 0 radical (unpaired) electrons. The lowest BCUT2D eigenvalue weighted by molar-refractivity contribution is -0.126. The maximum Gasteiger partial charge on any atom is 0.230 e. The second-order valence-corrected chi connectivity index (χ2v) is 5.96. The molecular formula is C17H25FN2O. The van der Waals surface area contributed by atoms with Gasteiger partial charge in [-0.2, -0.15) is 0 Å². The van der Waals surface area contributed by atoms with E-state index in [0.29, 0.717) is 6.54 Å². The molecule has 1 atom stereocenters. The predicted octanol–water partition coefficient (Wildman–Crippen LogP) is 2.75. The van der Waals surface area contributed by atoms with E-state index in [2.05, 4.69) is 24.5 Å². The Hall–Kier alpha value is -1.42. The number of halogens is 1. The lowest BCUT2D eigenvalue weighted by Gasteiger charge is -2.29. The fraction of sp³-hybridized carbons (Fsp3) is 0.588. The Balaban J connectivity index is 2.10. The van der Waals surface area contributed by atoms with E-state index in [1.807, 2.05) is 0 Å². The molecule has 4 heteroatoms. The van der Waals surface area contributed by atoms with Crippen molar-refractivity contribution in [2.24, 2.45) is 0 Å². The molecule has 1 aliphatic carbocycles. The molecule has 2 N–H and O–H groups in total. The molecule has 0 unspecified atom stereocenters. The van der Waals surface area contributed by atoms with Crippen molar-refractivity contribution in [1.29, 1.82) is 0 Å². The van der Waals surface area contributed by atoms with E-state index in [1.165, 1.54) is 12.1 Å². The number of carbonyl (C=O) groups is 1. The van der Waals surface area contributed by atoms with Crippen molar-refractivity contribution in [3.8, 4) is 0 Å². The molecule has 0 saturated heterocycles. The van der Waals surface area contributed by atoms with Crippen LogP contribution in [0.1, 0.15) is 45.1 Å². The lowest BCUT2D eigenvalue weighted by Crippen LogP contribution is -2.47. The smallest absolute Gasteiger partial charge is 0.230 e. The second kappa shape index (κ2) is 7.03. The van der Waals surface area contributed by atoms with Crippen molar-refractivity contribution >= 4 is 5.91 Å². The number of nitrogens with one attached hydrogen (secondary N) is 2. The summed E-state index contributed by atoms with van der Waals surface area (Å²) in [6.45, 7) is 5.62. The number of benzene rings is 1. The SMILES string of the molecule is CCN[C@H](C)CNC(=O)C1(c2ccc(F)cc2)CCCC1. The molecule has 116 valence electrons. The van der Waals surface area contributed by atoms with Crippen LogP contribution in [0.2, 0.25) is 0 Å². The number of likely N-dealkylation sites (N-methyl/N-ethyl adjacent to an activating group) is 1. The van der Waals surface area contributed by atoms with Crippen LogP contribution < -0.4 is 10.6 Å². The van der Waals surface area contributed by atoms with Crippen molar-refractivity contribution in [2.45, 2.75) is 51.0 Å². The molecule has 3 nitrogen and oxygen atoms in total. The van der Waals surface area contributed by atoms with Gasteiger partial charge in [0.1, 0.15) is 5.82 Å². The molecule has 2 rings (SSSR count). The molecular weight excluding hydrogens is 267 g/mol. The van der Waals surface area contributed by atoms with Gasteiger partial charge in [-0.1, -0.05) is 31.9 Å². The average molecular weight is 292 g/mol. The van der Waals surface area contributed by atoms with Gasteiger partial charge in [-0.15, -0.1) is 0 Å². The summed E-state index contributed by atoms with van der Waals surface area (Å²) in [5, 5.41) is 6.35.